The Balaban J connectivity index is 2.06. The zero-order valence-electron chi connectivity index (χ0n) is 11.5. The highest BCUT2D eigenvalue weighted by Crippen LogP contribution is 2.66. The first-order chi connectivity index (χ1) is 8.93. The Morgan fingerprint density at radius 1 is 1.16 bits per heavy atom. The zero-order chi connectivity index (χ0) is 13.4. The first kappa shape index (κ1) is 11.7. The van der Waals surface area contributed by atoms with Gasteiger partial charge in [0.25, 0.3) is 0 Å². The van der Waals surface area contributed by atoms with E-state index in [0.29, 0.717) is 5.92 Å². The molecule has 2 bridgehead atoms. The van der Waals surface area contributed by atoms with E-state index in [1.165, 1.54) is 24.2 Å². The van der Waals surface area contributed by atoms with Gasteiger partial charge in [0.05, 0.1) is 22.4 Å². The molecule has 1 saturated carbocycles. The highest BCUT2D eigenvalue weighted by atomic mass is 35.5. The van der Waals surface area contributed by atoms with Crippen LogP contribution >= 0.6 is 11.6 Å². The molecule has 4 rings (SSSR count). The minimum atomic E-state index is 0.174. The molecule has 0 aliphatic heterocycles. The van der Waals surface area contributed by atoms with Crippen LogP contribution < -0.4 is 0 Å². The second-order valence-electron chi connectivity index (χ2n) is 6.74. The Morgan fingerprint density at radius 3 is 2.74 bits per heavy atom. The standard InChI is InChI=1S/C16H17ClN2/c1-15(2)10-6-7-16(15,3)14-13(10)18-12-8-9(17)4-5-11(12)19-14/h4-5,8,10H,6-7H2,1-3H3/t10-,16+/m0/s1. The van der Waals surface area contributed by atoms with Gasteiger partial charge in [-0.3, -0.25) is 0 Å². The fraction of sp³-hybridized carbons (Fsp3) is 0.500. The lowest BCUT2D eigenvalue weighted by molar-refractivity contribution is 0.227. The van der Waals surface area contributed by atoms with Crippen LogP contribution in [0, 0.1) is 5.41 Å². The average molecular weight is 273 g/mol. The van der Waals surface area contributed by atoms with E-state index in [2.05, 4.69) is 20.8 Å². The summed E-state index contributed by atoms with van der Waals surface area (Å²) in [6, 6.07) is 5.80. The highest BCUT2D eigenvalue weighted by molar-refractivity contribution is 6.31. The normalized spacial score (nSPS) is 30.8. The predicted octanol–water partition coefficient (Wildman–Crippen LogP) is 4.46. The first-order valence-corrected chi connectivity index (χ1v) is 7.29. The fourth-order valence-electron chi connectivity index (χ4n) is 4.09. The molecule has 0 unspecified atom stereocenters. The Kier molecular flexibility index (Phi) is 2.02. The third-order valence-electron chi connectivity index (χ3n) is 5.73. The van der Waals surface area contributed by atoms with Gasteiger partial charge in [-0.05, 0) is 36.5 Å². The van der Waals surface area contributed by atoms with Gasteiger partial charge in [-0.15, -0.1) is 0 Å². The predicted molar refractivity (Wildman–Crippen MR) is 77.7 cm³/mol. The molecule has 3 heteroatoms. The van der Waals surface area contributed by atoms with Crippen molar-refractivity contribution in [2.24, 2.45) is 5.41 Å². The van der Waals surface area contributed by atoms with E-state index in [-0.39, 0.29) is 10.8 Å². The number of halogens is 1. The van der Waals surface area contributed by atoms with Crippen molar-refractivity contribution in [1.82, 2.24) is 9.97 Å². The summed E-state index contributed by atoms with van der Waals surface area (Å²) in [5.74, 6) is 0.545. The molecule has 2 nitrogen and oxygen atoms in total. The number of rotatable bonds is 0. The molecule has 1 fully saturated rings. The Labute approximate surface area is 118 Å². The summed E-state index contributed by atoms with van der Waals surface area (Å²) in [4.78, 5) is 9.82. The minimum Gasteiger partial charge on any atom is -0.249 e. The van der Waals surface area contributed by atoms with Gasteiger partial charge in [0, 0.05) is 16.4 Å². The molecule has 0 spiro atoms. The topological polar surface area (TPSA) is 25.8 Å². The van der Waals surface area contributed by atoms with Crippen molar-refractivity contribution in [2.45, 2.75) is 44.9 Å². The molecule has 1 heterocycles. The zero-order valence-corrected chi connectivity index (χ0v) is 12.3. The van der Waals surface area contributed by atoms with Crippen molar-refractivity contribution in [2.75, 3.05) is 0 Å². The van der Waals surface area contributed by atoms with Crippen LogP contribution in [0.4, 0.5) is 0 Å². The molecule has 2 aliphatic rings. The maximum Gasteiger partial charge on any atom is 0.0905 e. The maximum absolute atomic E-state index is 6.06. The fourth-order valence-corrected chi connectivity index (χ4v) is 4.26. The van der Waals surface area contributed by atoms with Crippen LogP contribution in [0.2, 0.25) is 5.02 Å². The molecule has 0 N–H and O–H groups in total. The lowest BCUT2D eigenvalue weighted by Gasteiger charge is -2.34. The van der Waals surface area contributed by atoms with Crippen LogP contribution in [0.3, 0.4) is 0 Å². The van der Waals surface area contributed by atoms with Gasteiger partial charge in [-0.25, -0.2) is 9.97 Å². The van der Waals surface area contributed by atoms with Gasteiger partial charge in [-0.2, -0.15) is 0 Å². The van der Waals surface area contributed by atoms with Crippen LogP contribution in [-0.2, 0) is 5.41 Å². The summed E-state index contributed by atoms with van der Waals surface area (Å²) in [7, 11) is 0. The Bertz CT molecular complexity index is 707. The van der Waals surface area contributed by atoms with Crippen molar-refractivity contribution < 1.29 is 0 Å². The van der Waals surface area contributed by atoms with Crippen molar-refractivity contribution in [3.05, 3.63) is 34.6 Å². The van der Waals surface area contributed by atoms with Crippen LogP contribution in [0.25, 0.3) is 11.0 Å². The molecule has 0 amide bonds. The quantitative estimate of drug-likeness (QED) is 0.708. The van der Waals surface area contributed by atoms with Gasteiger partial charge >= 0.3 is 0 Å². The van der Waals surface area contributed by atoms with Gasteiger partial charge in [0.15, 0.2) is 0 Å². The molecule has 2 aliphatic carbocycles. The monoisotopic (exact) mass is 272 g/mol. The molecule has 98 valence electrons. The summed E-state index contributed by atoms with van der Waals surface area (Å²) in [6.07, 6.45) is 2.46. The summed E-state index contributed by atoms with van der Waals surface area (Å²) >= 11 is 6.06. The second kappa shape index (κ2) is 3.29. The first-order valence-electron chi connectivity index (χ1n) is 6.91. The van der Waals surface area contributed by atoms with Crippen molar-refractivity contribution in [3.8, 4) is 0 Å². The molecular weight excluding hydrogens is 256 g/mol. The van der Waals surface area contributed by atoms with Crippen LogP contribution in [0.1, 0.15) is 50.9 Å². The van der Waals surface area contributed by atoms with Gasteiger partial charge in [-0.1, -0.05) is 32.4 Å². The summed E-state index contributed by atoms with van der Waals surface area (Å²) in [5, 5.41) is 0.732. The van der Waals surface area contributed by atoms with Gasteiger partial charge < -0.3 is 0 Å². The van der Waals surface area contributed by atoms with Crippen LogP contribution in [0.15, 0.2) is 18.2 Å². The third-order valence-corrected chi connectivity index (χ3v) is 5.97. The van der Waals surface area contributed by atoms with Gasteiger partial charge in [0.1, 0.15) is 0 Å². The summed E-state index contributed by atoms with van der Waals surface area (Å²) in [5.41, 5.74) is 4.77. The van der Waals surface area contributed by atoms with Crippen molar-refractivity contribution in [1.29, 1.82) is 0 Å². The SMILES string of the molecule is CC1(C)[C@H]2CC[C@]1(C)c1nc3ccc(Cl)cc3nc12. The lowest BCUT2D eigenvalue weighted by atomic mass is 9.70. The summed E-state index contributed by atoms with van der Waals surface area (Å²) < 4.78 is 0. The third kappa shape index (κ3) is 1.24. The lowest BCUT2D eigenvalue weighted by Crippen LogP contribution is -2.31. The van der Waals surface area contributed by atoms with E-state index in [4.69, 9.17) is 21.6 Å². The molecular formula is C16H17ClN2. The van der Waals surface area contributed by atoms with Crippen molar-refractivity contribution in [3.63, 3.8) is 0 Å². The Morgan fingerprint density at radius 2 is 1.95 bits per heavy atom. The number of benzene rings is 1. The number of aromatic nitrogens is 2. The summed E-state index contributed by atoms with van der Waals surface area (Å²) in [6.45, 7) is 7.09. The van der Waals surface area contributed by atoms with E-state index in [1.54, 1.807) is 0 Å². The van der Waals surface area contributed by atoms with Crippen LogP contribution in [-0.4, -0.2) is 9.97 Å². The molecule has 2 atom stereocenters. The molecule has 1 aromatic heterocycles. The minimum absolute atomic E-state index is 0.174. The number of hydrogen-bond acceptors (Lipinski definition) is 2. The maximum atomic E-state index is 6.06. The molecule has 2 aromatic rings. The molecule has 19 heavy (non-hydrogen) atoms. The smallest absolute Gasteiger partial charge is 0.0905 e. The Hall–Kier alpha value is -1.15. The second-order valence-corrected chi connectivity index (χ2v) is 7.17. The molecule has 0 radical (unpaired) electrons. The highest BCUT2D eigenvalue weighted by Gasteiger charge is 2.61. The molecule has 1 aromatic carbocycles. The van der Waals surface area contributed by atoms with Gasteiger partial charge in [0.2, 0.25) is 0 Å². The molecule has 0 saturated heterocycles. The van der Waals surface area contributed by atoms with Crippen LogP contribution in [0.5, 0.6) is 0 Å². The largest absolute Gasteiger partial charge is 0.249 e. The van der Waals surface area contributed by atoms with E-state index in [0.717, 1.165) is 16.1 Å². The van der Waals surface area contributed by atoms with E-state index < -0.39 is 0 Å². The van der Waals surface area contributed by atoms with E-state index >= 15 is 0 Å². The number of nitrogens with zero attached hydrogens (tertiary/aromatic N) is 2. The number of fused-ring (bicyclic) bond motifs is 6. The average Bonchev–Trinajstić information content (AvgIpc) is 2.67. The van der Waals surface area contributed by atoms with E-state index in [9.17, 15) is 0 Å². The van der Waals surface area contributed by atoms with Crippen molar-refractivity contribution >= 4 is 22.6 Å². The van der Waals surface area contributed by atoms with E-state index in [1.807, 2.05) is 18.2 Å². The number of hydrogen-bond donors (Lipinski definition) is 0.